The summed E-state index contributed by atoms with van der Waals surface area (Å²) in [4.78, 5) is 6.55. The number of furan rings is 1. The van der Waals surface area contributed by atoms with E-state index in [0.717, 1.165) is 22.9 Å². The molecule has 3 heterocycles. The van der Waals surface area contributed by atoms with Crippen LogP contribution in [0.25, 0.3) is 0 Å². The largest absolute Gasteiger partial charge is 0.497 e. The van der Waals surface area contributed by atoms with Crippen LogP contribution < -0.4 is 15.0 Å². The SMILES string of the molecule is COc1cccc(N2C(=S)N[C@@H](c3ccccn3)[C@H]2c2ccco2)c1. The van der Waals surface area contributed by atoms with E-state index < -0.39 is 0 Å². The lowest BCUT2D eigenvalue weighted by Crippen LogP contribution is -2.29. The Balaban J connectivity index is 1.80. The normalized spacial score (nSPS) is 19.7. The number of ether oxygens (including phenoxy) is 1. The van der Waals surface area contributed by atoms with E-state index in [1.807, 2.05) is 54.6 Å². The summed E-state index contributed by atoms with van der Waals surface area (Å²) in [7, 11) is 1.65. The number of pyridine rings is 1. The summed E-state index contributed by atoms with van der Waals surface area (Å²) in [5.74, 6) is 1.60. The highest BCUT2D eigenvalue weighted by molar-refractivity contribution is 7.80. The van der Waals surface area contributed by atoms with E-state index in [4.69, 9.17) is 21.4 Å². The van der Waals surface area contributed by atoms with Crippen molar-refractivity contribution < 1.29 is 9.15 Å². The summed E-state index contributed by atoms with van der Waals surface area (Å²) in [6.07, 6.45) is 3.46. The van der Waals surface area contributed by atoms with Gasteiger partial charge in [-0.05, 0) is 48.6 Å². The Labute approximate surface area is 151 Å². The molecule has 25 heavy (non-hydrogen) atoms. The molecule has 0 aliphatic carbocycles. The minimum Gasteiger partial charge on any atom is -0.497 e. The molecule has 6 heteroatoms. The van der Waals surface area contributed by atoms with Gasteiger partial charge in [0.25, 0.3) is 0 Å². The molecule has 0 saturated carbocycles. The number of rotatable bonds is 4. The molecule has 0 radical (unpaired) electrons. The molecule has 0 bridgehead atoms. The van der Waals surface area contributed by atoms with E-state index in [9.17, 15) is 0 Å². The zero-order chi connectivity index (χ0) is 17.2. The maximum Gasteiger partial charge on any atom is 0.174 e. The van der Waals surface area contributed by atoms with Crippen molar-refractivity contribution in [1.29, 1.82) is 0 Å². The molecular formula is C19H17N3O2S. The summed E-state index contributed by atoms with van der Waals surface area (Å²) < 4.78 is 11.1. The molecular weight excluding hydrogens is 334 g/mol. The number of hydrogen-bond donors (Lipinski definition) is 1. The Morgan fingerprint density at radius 2 is 2.08 bits per heavy atom. The molecule has 2 atom stereocenters. The Hall–Kier alpha value is -2.86. The Bertz CT molecular complexity index is 867. The molecule has 126 valence electrons. The van der Waals surface area contributed by atoms with Crippen LogP contribution in [-0.4, -0.2) is 17.2 Å². The third-order valence-corrected chi connectivity index (χ3v) is 4.58. The van der Waals surface area contributed by atoms with Gasteiger partial charge in [-0.1, -0.05) is 12.1 Å². The van der Waals surface area contributed by atoms with Crippen molar-refractivity contribution in [3.05, 3.63) is 78.5 Å². The molecule has 1 aliphatic rings. The maximum absolute atomic E-state index is 5.73. The lowest BCUT2D eigenvalue weighted by atomic mass is 10.0. The number of nitrogens with one attached hydrogen (secondary N) is 1. The third-order valence-electron chi connectivity index (χ3n) is 4.26. The second kappa shape index (κ2) is 6.57. The fourth-order valence-electron chi connectivity index (χ4n) is 3.14. The minimum atomic E-state index is -0.135. The van der Waals surface area contributed by atoms with Crippen LogP contribution in [0, 0.1) is 0 Å². The van der Waals surface area contributed by atoms with Gasteiger partial charge in [-0.25, -0.2) is 0 Å². The second-order valence-electron chi connectivity index (χ2n) is 5.71. The Kier molecular flexibility index (Phi) is 4.11. The zero-order valence-electron chi connectivity index (χ0n) is 13.6. The predicted octanol–water partition coefficient (Wildman–Crippen LogP) is 3.86. The van der Waals surface area contributed by atoms with Crippen molar-refractivity contribution >= 4 is 23.0 Å². The smallest absolute Gasteiger partial charge is 0.174 e. The first-order valence-corrected chi connectivity index (χ1v) is 8.37. The van der Waals surface area contributed by atoms with Crippen molar-refractivity contribution in [3.8, 4) is 5.75 Å². The maximum atomic E-state index is 5.73. The number of nitrogens with zero attached hydrogens (tertiary/aromatic N) is 2. The topological polar surface area (TPSA) is 50.5 Å². The monoisotopic (exact) mass is 351 g/mol. The van der Waals surface area contributed by atoms with E-state index in [2.05, 4.69) is 15.2 Å². The zero-order valence-corrected chi connectivity index (χ0v) is 14.4. The molecule has 5 nitrogen and oxygen atoms in total. The van der Waals surface area contributed by atoms with Crippen LogP contribution in [0.4, 0.5) is 5.69 Å². The Morgan fingerprint density at radius 3 is 2.80 bits per heavy atom. The number of thiocarbonyl (C=S) groups is 1. The van der Waals surface area contributed by atoms with Crippen LogP contribution in [0.5, 0.6) is 5.75 Å². The standard InChI is InChI=1S/C19H17N3O2S/c1-23-14-7-4-6-13(12-14)22-18(16-9-5-11-24-16)17(21-19(22)25)15-8-2-3-10-20-15/h2-12,17-18H,1H3,(H,21,25)/t17-,18+/m0/s1. The summed E-state index contributed by atoms with van der Waals surface area (Å²) >= 11 is 5.63. The van der Waals surface area contributed by atoms with E-state index >= 15 is 0 Å². The molecule has 0 amide bonds. The molecule has 1 N–H and O–H groups in total. The van der Waals surface area contributed by atoms with E-state index in [1.54, 1.807) is 19.6 Å². The van der Waals surface area contributed by atoms with Gasteiger partial charge in [0, 0.05) is 18.0 Å². The lowest BCUT2D eigenvalue weighted by Gasteiger charge is -2.26. The number of methoxy groups -OCH3 is 1. The highest BCUT2D eigenvalue weighted by Gasteiger charge is 2.42. The van der Waals surface area contributed by atoms with Gasteiger partial charge in [0.2, 0.25) is 0 Å². The third kappa shape index (κ3) is 2.85. The summed E-state index contributed by atoms with van der Waals surface area (Å²) in [5, 5.41) is 4.02. The summed E-state index contributed by atoms with van der Waals surface area (Å²) in [6, 6.07) is 17.3. The molecule has 2 aromatic heterocycles. The van der Waals surface area contributed by atoms with Crippen LogP contribution in [0.15, 0.2) is 71.5 Å². The van der Waals surface area contributed by atoms with Crippen LogP contribution in [0.3, 0.4) is 0 Å². The van der Waals surface area contributed by atoms with Crippen LogP contribution >= 0.6 is 12.2 Å². The first-order chi connectivity index (χ1) is 12.3. The van der Waals surface area contributed by atoms with Crippen molar-refractivity contribution in [2.45, 2.75) is 12.1 Å². The molecule has 1 aliphatic heterocycles. The number of aromatic nitrogens is 1. The van der Waals surface area contributed by atoms with Gasteiger partial charge in [0.15, 0.2) is 5.11 Å². The fourth-order valence-corrected chi connectivity index (χ4v) is 3.49. The van der Waals surface area contributed by atoms with E-state index in [-0.39, 0.29) is 12.1 Å². The molecule has 1 aromatic carbocycles. The van der Waals surface area contributed by atoms with Crippen molar-refractivity contribution in [1.82, 2.24) is 10.3 Å². The fraction of sp³-hybridized carbons (Fsp3) is 0.158. The summed E-state index contributed by atoms with van der Waals surface area (Å²) in [5.41, 5.74) is 1.85. The summed E-state index contributed by atoms with van der Waals surface area (Å²) in [6.45, 7) is 0. The van der Waals surface area contributed by atoms with E-state index in [1.165, 1.54) is 0 Å². The molecule has 0 unspecified atom stereocenters. The Morgan fingerprint density at radius 1 is 1.16 bits per heavy atom. The van der Waals surface area contributed by atoms with E-state index in [0.29, 0.717) is 5.11 Å². The van der Waals surface area contributed by atoms with Crippen molar-refractivity contribution in [2.75, 3.05) is 12.0 Å². The van der Waals surface area contributed by atoms with Crippen LogP contribution in [0.2, 0.25) is 0 Å². The van der Waals surface area contributed by atoms with Gasteiger partial charge >= 0.3 is 0 Å². The number of benzene rings is 1. The average molecular weight is 351 g/mol. The second-order valence-corrected chi connectivity index (χ2v) is 6.10. The molecule has 0 spiro atoms. The van der Waals surface area contributed by atoms with Gasteiger partial charge in [-0.3, -0.25) is 4.98 Å². The first kappa shape index (κ1) is 15.7. The highest BCUT2D eigenvalue weighted by atomic mass is 32.1. The van der Waals surface area contributed by atoms with Gasteiger partial charge in [-0.15, -0.1) is 0 Å². The van der Waals surface area contributed by atoms with Gasteiger partial charge in [0.05, 0.1) is 25.1 Å². The molecule has 4 rings (SSSR count). The average Bonchev–Trinajstić information content (AvgIpc) is 3.30. The van der Waals surface area contributed by atoms with Crippen LogP contribution in [0.1, 0.15) is 23.5 Å². The highest BCUT2D eigenvalue weighted by Crippen LogP contribution is 2.42. The quantitative estimate of drug-likeness (QED) is 0.721. The van der Waals surface area contributed by atoms with Gasteiger partial charge in [0.1, 0.15) is 17.6 Å². The predicted molar refractivity (Wildman–Crippen MR) is 99.6 cm³/mol. The van der Waals surface area contributed by atoms with Crippen LogP contribution in [-0.2, 0) is 0 Å². The lowest BCUT2D eigenvalue weighted by molar-refractivity contribution is 0.414. The van der Waals surface area contributed by atoms with Crippen molar-refractivity contribution in [2.24, 2.45) is 0 Å². The van der Waals surface area contributed by atoms with Gasteiger partial charge < -0.3 is 19.4 Å². The van der Waals surface area contributed by atoms with Crippen molar-refractivity contribution in [3.63, 3.8) is 0 Å². The molecule has 1 fully saturated rings. The molecule has 3 aromatic rings. The van der Waals surface area contributed by atoms with Gasteiger partial charge in [-0.2, -0.15) is 0 Å². The molecule has 1 saturated heterocycles. The minimum absolute atomic E-state index is 0.106. The number of anilines is 1. The number of hydrogen-bond acceptors (Lipinski definition) is 4. The first-order valence-electron chi connectivity index (χ1n) is 7.96.